The fourth-order valence-electron chi connectivity index (χ4n) is 3.79. The molecule has 0 spiro atoms. The molecule has 2 aliphatic rings. The Morgan fingerprint density at radius 1 is 1.06 bits per heavy atom. The van der Waals surface area contributed by atoms with Crippen molar-refractivity contribution in [3.05, 3.63) is 54.5 Å². The van der Waals surface area contributed by atoms with Crippen LogP contribution in [0.2, 0.25) is 0 Å². The number of rotatable bonds is 5. The molecule has 2 fully saturated rings. The van der Waals surface area contributed by atoms with Crippen LogP contribution in [0.5, 0.6) is 0 Å². The number of anilines is 1. The zero-order valence-corrected chi connectivity index (χ0v) is 18.4. The smallest absolute Gasteiger partial charge is 0.410 e. The van der Waals surface area contributed by atoms with E-state index in [4.69, 9.17) is 4.74 Å². The van der Waals surface area contributed by atoms with Gasteiger partial charge >= 0.3 is 6.09 Å². The first-order valence-electron chi connectivity index (χ1n) is 10.4. The Labute approximate surface area is 189 Å². The van der Waals surface area contributed by atoms with Crippen molar-refractivity contribution in [3.8, 4) is 16.8 Å². The first-order chi connectivity index (χ1) is 15.9. The van der Waals surface area contributed by atoms with Gasteiger partial charge in [0.05, 0.1) is 30.3 Å². The number of amides is 1. The fraction of sp³-hybridized carbons (Fsp3) is 0.333. The SMILES string of the molecule is O=C1OCCN1Cc1ncn(-c2ccc(-c3ccc(N4CCS(=O)(=O)CC4)nc3)c(F)c2)n1. The highest BCUT2D eigenvalue weighted by Crippen LogP contribution is 2.26. The van der Waals surface area contributed by atoms with Crippen molar-refractivity contribution in [2.75, 3.05) is 42.6 Å². The van der Waals surface area contributed by atoms with Crippen molar-refractivity contribution in [2.45, 2.75) is 6.54 Å². The number of sulfone groups is 1. The lowest BCUT2D eigenvalue weighted by Crippen LogP contribution is -2.40. The molecule has 0 bridgehead atoms. The third kappa shape index (κ3) is 4.51. The summed E-state index contributed by atoms with van der Waals surface area (Å²) in [6.07, 6.45) is 2.66. The monoisotopic (exact) mass is 472 g/mol. The Bertz CT molecular complexity index is 1280. The topological polar surface area (TPSA) is 111 Å². The molecule has 10 nitrogen and oxygen atoms in total. The van der Waals surface area contributed by atoms with Gasteiger partial charge in [-0.25, -0.2) is 32.3 Å². The molecule has 2 saturated heterocycles. The maximum atomic E-state index is 14.9. The van der Waals surface area contributed by atoms with Crippen LogP contribution in [0.25, 0.3) is 16.8 Å². The summed E-state index contributed by atoms with van der Waals surface area (Å²) in [5, 5.41) is 4.32. The van der Waals surface area contributed by atoms with Crippen LogP contribution < -0.4 is 4.90 Å². The Morgan fingerprint density at radius 2 is 1.88 bits per heavy atom. The Morgan fingerprint density at radius 3 is 2.55 bits per heavy atom. The van der Waals surface area contributed by atoms with Crippen molar-refractivity contribution in [3.63, 3.8) is 0 Å². The van der Waals surface area contributed by atoms with Gasteiger partial charge in [0.1, 0.15) is 24.6 Å². The van der Waals surface area contributed by atoms with Crippen molar-refractivity contribution in [1.29, 1.82) is 0 Å². The lowest BCUT2D eigenvalue weighted by atomic mass is 10.1. The van der Waals surface area contributed by atoms with E-state index in [1.165, 1.54) is 22.0 Å². The van der Waals surface area contributed by atoms with Crippen LogP contribution in [-0.2, 0) is 21.1 Å². The average Bonchev–Trinajstić information content (AvgIpc) is 3.43. The van der Waals surface area contributed by atoms with E-state index in [2.05, 4.69) is 15.1 Å². The number of carbonyl (C=O) groups excluding carboxylic acids is 1. The first-order valence-corrected chi connectivity index (χ1v) is 12.2. The minimum Gasteiger partial charge on any atom is -0.448 e. The summed E-state index contributed by atoms with van der Waals surface area (Å²) in [5.74, 6) is 0.884. The minimum atomic E-state index is -2.97. The van der Waals surface area contributed by atoms with Crippen molar-refractivity contribution < 1.29 is 22.3 Å². The highest BCUT2D eigenvalue weighted by atomic mass is 32.2. The minimum absolute atomic E-state index is 0.110. The van der Waals surface area contributed by atoms with Gasteiger partial charge in [-0.05, 0) is 24.3 Å². The average molecular weight is 473 g/mol. The zero-order valence-electron chi connectivity index (χ0n) is 17.6. The normalized spacial score (nSPS) is 17.9. The van der Waals surface area contributed by atoms with Crippen LogP contribution in [0, 0.1) is 5.82 Å². The summed E-state index contributed by atoms with van der Waals surface area (Å²) >= 11 is 0. The van der Waals surface area contributed by atoms with Gasteiger partial charge in [0.15, 0.2) is 15.7 Å². The number of ether oxygens (including phenoxy) is 1. The molecule has 0 unspecified atom stereocenters. The summed E-state index contributed by atoms with van der Waals surface area (Å²) in [4.78, 5) is 23.6. The van der Waals surface area contributed by atoms with Crippen molar-refractivity contribution >= 4 is 21.7 Å². The number of benzene rings is 1. The van der Waals surface area contributed by atoms with Gasteiger partial charge in [-0.3, -0.25) is 4.90 Å². The van der Waals surface area contributed by atoms with Crippen molar-refractivity contribution in [2.24, 2.45) is 0 Å². The van der Waals surface area contributed by atoms with Gasteiger partial charge in [0.25, 0.3) is 0 Å². The van der Waals surface area contributed by atoms with E-state index in [-0.39, 0.29) is 18.1 Å². The molecule has 2 aromatic heterocycles. The molecule has 33 heavy (non-hydrogen) atoms. The highest BCUT2D eigenvalue weighted by molar-refractivity contribution is 7.91. The highest BCUT2D eigenvalue weighted by Gasteiger charge is 2.24. The van der Waals surface area contributed by atoms with Crippen LogP contribution in [0.3, 0.4) is 0 Å². The molecule has 3 aromatic rings. The first kappa shape index (κ1) is 21.3. The van der Waals surface area contributed by atoms with Crippen LogP contribution >= 0.6 is 0 Å². The van der Waals surface area contributed by atoms with E-state index in [0.29, 0.717) is 54.7 Å². The Balaban J connectivity index is 1.30. The number of hydrogen-bond acceptors (Lipinski definition) is 8. The van der Waals surface area contributed by atoms with Crippen LogP contribution in [-0.4, -0.2) is 76.9 Å². The van der Waals surface area contributed by atoms with Crippen LogP contribution in [0.15, 0.2) is 42.9 Å². The van der Waals surface area contributed by atoms with Crippen molar-refractivity contribution in [1.82, 2.24) is 24.6 Å². The number of pyridine rings is 1. The number of nitrogens with zero attached hydrogens (tertiary/aromatic N) is 6. The van der Waals surface area contributed by atoms with Crippen LogP contribution in [0.1, 0.15) is 5.82 Å². The molecule has 1 aromatic carbocycles. The van der Waals surface area contributed by atoms with E-state index < -0.39 is 21.7 Å². The van der Waals surface area contributed by atoms with E-state index in [1.54, 1.807) is 30.5 Å². The largest absolute Gasteiger partial charge is 0.448 e. The van der Waals surface area contributed by atoms with E-state index in [9.17, 15) is 17.6 Å². The van der Waals surface area contributed by atoms with Gasteiger partial charge in [-0.1, -0.05) is 0 Å². The van der Waals surface area contributed by atoms with Gasteiger partial charge in [0, 0.05) is 36.5 Å². The van der Waals surface area contributed by atoms with E-state index in [1.807, 2.05) is 4.90 Å². The summed E-state index contributed by atoms with van der Waals surface area (Å²) < 4.78 is 44.5. The maximum absolute atomic E-state index is 14.9. The second-order valence-corrected chi connectivity index (χ2v) is 10.2. The number of hydrogen-bond donors (Lipinski definition) is 0. The second-order valence-electron chi connectivity index (χ2n) is 7.85. The number of carbonyl (C=O) groups is 1. The summed E-state index contributed by atoms with van der Waals surface area (Å²) in [6.45, 7) is 1.86. The molecular formula is C21H21FN6O4S. The second kappa shape index (κ2) is 8.43. The molecule has 0 aliphatic carbocycles. The molecule has 0 atom stereocenters. The summed E-state index contributed by atoms with van der Waals surface area (Å²) in [7, 11) is -2.97. The zero-order chi connectivity index (χ0) is 23.0. The van der Waals surface area contributed by atoms with Gasteiger partial charge in [-0.2, -0.15) is 0 Å². The van der Waals surface area contributed by atoms with Crippen LogP contribution in [0.4, 0.5) is 15.0 Å². The summed E-state index contributed by atoms with van der Waals surface area (Å²) in [5.41, 5.74) is 1.50. The van der Waals surface area contributed by atoms with Gasteiger partial charge in [-0.15, -0.1) is 5.10 Å². The molecule has 0 saturated carbocycles. The summed E-state index contributed by atoms with van der Waals surface area (Å²) in [6, 6.07) is 8.28. The maximum Gasteiger partial charge on any atom is 0.410 e. The Hall–Kier alpha value is -3.54. The van der Waals surface area contributed by atoms with E-state index >= 15 is 0 Å². The van der Waals surface area contributed by atoms with Gasteiger partial charge in [0.2, 0.25) is 0 Å². The molecule has 2 aliphatic heterocycles. The molecule has 0 N–H and O–H groups in total. The number of cyclic esters (lactones) is 1. The Kier molecular flexibility index (Phi) is 5.44. The molecule has 5 rings (SSSR count). The lowest BCUT2D eigenvalue weighted by molar-refractivity contribution is 0.156. The molecule has 1 amide bonds. The predicted octanol–water partition coefficient (Wildman–Crippen LogP) is 1.66. The molecule has 0 radical (unpaired) electrons. The van der Waals surface area contributed by atoms with Gasteiger partial charge < -0.3 is 9.64 Å². The molecule has 4 heterocycles. The quantitative estimate of drug-likeness (QED) is 0.551. The lowest BCUT2D eigenvalue weighted by Gasteiger charge is -2.27. The third-order valence-electron chi connectivity index (χ3n) is 5.66. The third-order valence-corrected chi connectivity index (χ3v) is 7.27. The molecular weight excluding hydrogens is 451 g/mol. The fourth-order valence-corrected chi connectivity index (χ4v) is 4.99. The molecule has 172 valence electrons. The number of halogens is 1. The number of aromatic nitrogens is 4. The standard InChI is InChI=1S/C21H21FN6O4S/c22-18-11-16(28-14-24-19(25-28)13-27-5-8-32-21(27)29)2-3-17(18)15-1-4-20(23-12-15)26-6-9-33(30,31)10-7-26/h1-4,11-12,14H,5-10,13H2. The van der Waals surface area contributed by atoms with E-state index in [0.717, 1.165) is 0 Å². The predicted molar refractivity (Wildman–Crippen MR) is 117 cm³/mol. The molecule has 12 heteroatoms.